The maximum atomic E-state index is 11.7. The molecule has 1 aliphatic heterocycles. The quantitative estimate of drug-likeness (QED) is 0.756. The molecule has 5 nitrogen and oxygen atoms in total. The van der Waals surface area contributed by atoms with Crippen LogP contribution < -0.4 is 5.32 Å². The minimum atomic E-state index is -0.975. The van der Waals surface area contributed by atoms with Crippen LogP contribution in [0.1, 0.15) is 33.1 Å². The lowest BCUT2D eigenvalue weighted by molar-refractivity contribution is -0.145. The van der Waals surface area contributed by atoms with Crippen LogP contribution in [-0.4, -0.2) is 36.2 Å². The van der Waals surface area contributed by atoms with E-state index in [0.29, 0.717) is 19.6 Å². The van der Waals surface area contributed by atoms with E-state index in [4.69, 9.17) is 9.84 Å². The molecule has 3 atom stereocenters. The van der Waals surface area contributed by atoms with E-state index in [-0.39, 0.29) is 17.7 Å². The van der Waals surface area contributed by atoms with Gasteiger partial charge in [-0.05, 0) is 19.3 Å². The highest BCUT2D eigenvalue weighted by Gasteiger charge is 2.31. The third-order valence-corrected chi connectivity index (χ3v) is 3.29. The van der Waals surface area contributed by atoms with Crippen molar-refractivity contribution in [3.8, 4) is 0 Å². The van der Waals surface area contributed by atoms with E-state index in [2.05, 4.69) is 5.32 Å². The van der Waals surface area contributed by atoms with Crippen LogP contribution in [0, 0.1) is 11.8 Å². The van der Waals surface area contributed by atoms with Gasteiger partial charge >= 0.3 is 5.97 Å². The molecule has 1 saturated heterocycles. The summed E-state index contributed by atoms with van der Waals surface area (Å²) in [4.78, 5) is 22.9. The lowest BCUT2D eigenvalue weighted by atomic mass is 9.93. The van der Waals surface area contributed by atoms with E-state index in [1.54, 1.807) is 6.92 Å². The molecule has 17 heavy (non-hydrogen) atoms. The largest absolute Gasteiger partial charge is 0.480 e. The third-order valence-electron chi connectivity index (χ3n) is 3.29. The summed E-state index contributed by atoms with van der Waals surface area (Å²) in [7, 11) is 0. The molecule has 0 spiro atoms. The van der Waals surface area contributed by atoms with Crippen molar-refractivity contribution in [2.45, 2.75) is 39.2 Å². The first-order valence-electron chi connectivity index (χ1n) is 6.17. The highest BCUT2D eigenvalue weighted by Crippen LogP contribution is 2.18. The van der Waals surface area contributed by atoms with Crippen molar-refractivity contribution >= 4 is 11.9 Å². The Balaban J connectivity index is 2.59. The number of hydrogen-bond acceptors (Lipinski definition) is 3. The van der Waals surface area contributed by atoms with Crippen LogP contribution in [-0.2, 0) is 14.3 Å². The third kappa shape index (κ3) is 4.00. The van der Waals surface area contributed by atoms with Crippen LogP contribution in [0.25, 0.3) is 0 Å². The predicted octanol–water partition coefficient (Wildman–Crippen LogP) is 1.03. The first-order valence-corrected chi connectivity index (χ1v) is 6.17. The zero-order valence-electron chi connectivity index (χ0n) is 10.4. The number of hydrogen-bond donors (Lipinski definition) is 2. The molecule has 0 aliphatic carbocycles. The second-order valence-corrected chi connectivity index (χ2v) is 4.61. The van der Waals surface area contributed by atoms with Gasteiger partial charge in [-0.25, -0.2) is 4.79 Å². The molecule has 1 heterocycles. The Bertz CT molecular complexity index is 274. The van der Waals surface area contributed by atoms with E-state index in [1.165, 1.54) is 0 Å². The first kappa shape index (κ1) is 14.0. The summed E-state index contributed by atoms with van der Waals surface area (Å²) >= 11 is 0. The van der Waals surface area contributed by atoms with Crippen molar-refractivity contribution in [1.29, 1.82) is 0 Å². The fourth-order valence-electron chi connectivity index (χ4n) is 1.89. The fourth-order valence-corrected chi connectivity index (χ4v) is 1.89. The summed E-state index contributed by atoms with van der Waals surface area (Å²) in [6.45, 7) is 4.80. The molecule has 5 heteroatoms. The van der Waals surface area contributed by atoms with Gasteiger partial charge in [-0.1, -0.05) is 13.8 Å². The van der Waals surface area contributed by atoms with Gasteiger partial charge < -0.3 is 15.2 Å². The number of rotatable bonds is 5. The number of carbonyl (C=O) groups is 2. The summed E-state index contributed by atoms with van der Waals surface area (Å²) in [5, 5.41) is 11.8. The zero-order chi connectivity index (χ0) is 12.8. The van der Waals surface area contributed by atoms with Gasteiger partial charge in [-0.15, -0.1) is 0 Å². The minimum Gasteiger partial charge on any atom is -0.480 e. The molecule has 2 N–H and O–H groups in total. The standard InChI is InChI=1S/C12H21NO4/c1-3-8(2)11(14)13-10(12(15)16)9-5-4-6-17-7-9/h8-10H,3-7H2,1-2H3,(H,13,14)(H,15,16). The maximum absolute atomic E-state index is 11.7. The molecule has 0 aromatic heterocycles. The van der Waals surface area contributed by atoms with Crippen molar-refractivity contribution in [2.75, 3.05) is 13.2 Å². The fraction of sp³-hybridized carbons (Fsp3) is 0.833. The zero-order valence-corrected chi connectivity index (χ0v) is 10.4. The Morgan fingerprint density at radius 3 is 2.71 bits per heavy atom. The maximum Gasteiger partial charge on any atom is 0.326 e. The van der Waals surface area contributed by atoms with Gasteiger partial charge in [0.2, 0.25) is 5.91 Å². The Morgan fingerprint density at radius 2 is 2.24 bits per heavy atom. The summed E-state index contributed by atoms with van der Waals surface area (Å²) < 4.78 is 5.27. The molecule has 98 valence electrons. The van der Waals surface area contributed by atoms with Gasteiger partial charge in [0.25, 0.3) is 0 Å². The smallest absolute Gasteiger partial charge is 0.326 e. The molecule has 0 saturated carbocycles. The van der Waals surface area contributed by atoms with Crippen molar-refractivity contribution in [2.24, 2.45) is 11.8 Å². The SMILES string of the molecule is CCC(C)C(=O)NC(C(=O)O)C1CCCOC1. The topological polar surface area (TPSA) is 75.6 Å². The van der Waals surface area contributed by atoms with Gasteiger partial charge in [-0.3, -0.25) is 4.79 Å². The molecule has 1 amide bonds. The van der Waals surface area contributed by atoms with Crippen LogP contribution in [0.15, 0.2) is 0 Å². The molecule has 3 unspecified atom stereocenters. The van der Waals surface area contributed by atoms with E-state index < -0.39 is 12.0 Å². The number of aliphatic carboxylic acids is 1. The van der Waals surface area contributed by atoms with Crippen molar-refractivity contribution in [1.82, 2.24) is 5.32 Å². The Hall–Kier alpha value is -1.10. The summed E-state index contributed by atoms with van der Waals surface area (Å²) in [6.07, 6.45) is 2.35. The van der Waals surface area contributed by atoms with E-state index in [0.717, 1.165) is 12.8 Å². The van der Waals surface area contributed by atoms with Crippen molar-refractivity contribution in [3.05, 3.63) is 0 Å². The number of carboxylic acid groups (broad SMARTS) is 1. The van der Waals surface area contributed by atoms with Gasteiger partial charge in [0.05, 0.1) is 6.61 Å². The number of amides is 1. The normalized spacial score (nSPS) is 23.8. The number of nitrogens with one attached hydrogen (secondary N) is 1. The van der Waals surface area contributed by atoms with Gasteiger partial charge in [0.1, 0.15) is 6.04 Å². The molecule has 0 aromatic carbocycles. The molecule has 0 aromatic rings. The van der Waals surface area contributed by atoms with Gasteiger partial charge in [-0.2, -0.15) is 0 Å². The molecular weight excluding hydrogens is 222 g/mol. The lowest BCUT2D eigenvalue weighted by Crippen LogP contribution is -2.49. The van der Waals surface area contributed by atoms with Crippen LogP contribution in [0.2, 0.25) is 0 Å². The average Bonchev–Trinajstić information content (AvgIpc) is 2.35. The average molecular weight is 243 g/mol. The number of ether oxygens (including phenoxy) is 1. The summed E-state index contributed by atoms with van der Waals surface area (Å²) in [5.41, 5.74) is 0. The van der Waals surface area contributed by atoms with Crippen LogP contribution >= 0.6 is 0 Å². The van der Waals surface area contributed by atoms with E-state index in [1.807, 2.05) is 6.92 Å². The Morgan fingerprint density at radius 1 is 1.53 bits per heavy atom. The predicted molar refractivity (Wildman–Crippen MR) is 62.6 cm³/mol. The summed E-state index contributed by atoms with van der Waals surface area (Å²) in [5.74, 6) is -1.43. The van der Waals surface area contributed by atoms with Crippen molar-refractivity contribution < 1.29 is 19.4 Å². The molecule has 1 aliphatic rings. The minimum absolute atomic E-state index is 0.116. The van der Waals surface area contributed by atoms with Crippen LogP contribution in [0.4, 0.5) is 0 Å². The van der Waals surface area contributed by atoms with Crippen LogP contribution in [0.3, 0.4) is 0 Å². The monoisotopic (exact) mass is 243 g/mol. The van der Waals surface area contributed by atoms with Gasteiger partial charge in [0, 0.05) is 18.4 Å². The molecule has 1 rings (SSSR count). The van der Waals surface area contributed by atoms with Crippen LogP contribution in [0.5, 0.6) is 0 Å². The molecule has 0 radical (unpaired) electrons. The molecular formula is C12H21NO4. The second kappa shape index (κ2) is 6.59. The highest BCUT2D eigenvalue weighted by atomic mass is 16.5. The van der Waals surface area contributed by atoms with Crippen molar-refractivity contribution in [3.63, 3.8) is 0 Å². The Labute approximate surface area is 102 Å². The molecule has 0 bridgehead atoms. The highest BCUT2D eigenvalue weighted by molar-refractivity contribution is 5.84. The number of carbonyl (C=O) groups excluding carboxylic acids is 1. The Kier molecular flexibility index (Phi) is 5.41. The first-order chi connectivity index (χ1) is 8.06. The van der Waals surface area contributed by atoms with E-state index in [9.17, 15) is 9.59 Å². The summed E-state index contributed by atoms with van der Waals surface area (Å²) in [6, 6.07) is -0.822. The second-order valence-electron chi connectivity index (χ2n) is 4.61. The molecule has 1 fully saturated rings. The lowest BCUT2D eigenvalue weighted by Gasteiger charge is -2.28. The van der Waals surface area contributed by atoms with E-state index >= 15 is 0 Å². The number of carboxylic acids is 1. The van der Waals surface area contributed by atoms with Gasteiger partial charge in [0.15, 0.2) is 0 Å².